The Morgan fingerprint density at radius 1 is 1.00 bits per heavy atom. The maximum atomic E-state index is 13.1. The third-order valence-electron chi connectivity index (χ3n) is 5.14. The maximum Gasteiger partial charge on any atom is 0.242 e. The van der Waals surface area contributed by atoms with Gasteiger partial charge in [-0.15, -0.1) is 0 Å². The molecule has 1 heterocycles. The standard InChI is InChI=1S/C24H30N2O4/c1-16(2)25-24(28)18(4)26(14-20-7-5-17(3)6-8-20)23(27)12-10-19-9-11-21-22(13-19)30-15-29-21/h5-9,11,13,16,18H,10,12,14-15H2,1-4H3,(H,25,28)/t18-/m1/s1. The Morgan fingerprint density at radius 2 is 1.67 bits per heavy atom. The average Bonchev–Trinajstić information content (AvgIpc) is 3.18. The van der Waals surface area contributed by atoms with Gasteiger partial charge in [0.2, 0.25) is 18.6 Å². The predicted octanol–water partition coefficient (Wildman–Crippen LogP) is 3.60. The molecule has 6 nitrogen and oxygen atoms in total. The molecule has 2 aromatic carbocycles. The Morgan fingerprint density at radius 3 is 2.37 bits per heavy atom. The summed E-state index contributed by atoms with van der Waals surface area (Å²) in [5.74, 6) is 1.24. The SMILES string of the molecule is Cc1ccc(CN(C(=O)CCc2ccc3c(c2)OCO3)[C@H](C)C(=O)NC(C)C)cc1. The first-order valence-electron chi connectivity index (χ1n) is 10.4. The van der Waals surface area contributed by atoms with E-state index in [1.165, 1.54) is 0 Å². The van der Waals surface area contributed by atoms with Crippen molar-refractivity contribution in [3.05, 3.63) is 59.2 Å². The van der Waals surface area contributed by atoms with E-state index in [1.54, 1.807) is 11.8 Å². The van der Waals surface area contributed by atoms with Crippen molar-refractivity contribution in [2.45, 2.75) is 59.2 Å². The molecule has 0 spiro atoms. The summed E-state index contributed by atoms with van der Waals surface area (Å²) in [6, 6.07) is 13.2. The fourth-order valence-corrected chi connectivity index (χ4v) is 3.37. The van der Waals surface area contributed by atoms with Gasteiger partial charge in [-0.2, -0.15) is 0 Å². The summed E-state index contributed by atoms with van der Waals surface area (Å²) >= 11 is 0. The lowest BCUT2D eigenvalue weighted by Gasteiger charge is -2.29. The highest BCUT2D eigenvalue weighted by Crippen LogP contribution is 2.32. The van der Waals surface area contributed by atoms with E-state index in [0.717, 1.165) is 22.4 Å². The van der Waals surface area contributed by atoms with E-state index < -0.39 is 6.04 Å². The van der Waals surface area contributed by atoms with Gasteiger partial charge in [0.1, 0.15) is 6.04 Å². The lowest BCUT2D eigenvalue weighted by atomic mass is 10.1. The van der Waals surface area contributed by atoms with E-state index in [9.17, 15) is 9.59 Å². The molecular formula is C24H30N2O4. The Hall–Kier alpha value is -3.02. The van der Waals surface area contributed by atoms with Crippen LogP contribution in [0, 0.1) is 6.92 Å². The van der Waals surface area contributed by atoms with E-state index in [-0.39, 0.29) is 24.6 Å². The van der Waals surface area contributed by atoms with E-state index in [4.69, 9.17) is 9.47 Å². The molecule has 160 valence electrons. The first kappa shape index (κ1) is 21.7. The van der Waals surface area contributed by atoms with Gasteiger partial charge < -0.3 is 19.7 Å². The number of carbonyl (C=O) groups excluding carboxylic acids is 2. The lowest BCUT2D eigenvalue weighted by molar-refractivity contribution is -0.140. The summed E-state index contributed by atoms with van der Waals surface area (Å²) in [6.45, 7) is 8.26. The van der Waals surface area contributed by atoms with Crippen LogP contribution in [-0.4, -0.2) is 35.6 Å². The molecule has 0 aliphatic carbocycles. The topological polar surface area (TPSA) is 67.9 Å². The largest absolute Gasteiger partial charge is 0.454 e. The Labute approximate surface area is 178 Å². The number of hydrogen-bond donors (Lipinski definition) is 1. The molecule has 0 unspecified atom stereocenters. The number of ether oxygens (including phenoxy) is 2. The second kappa shape index (κ2) is 9.65. The molecule has 6 heteroatoms. The summed E-state index contributed by atoms with van der Waals surface area (Å²) < 4.78 is 10.8. The van der Waals surface area contributed by atoms with Crippen LogP contribution in [-0.2, 0) is 22.6 Å². The average molecular weight is 411 g/mol. The third-order valence-corrected chi connectivity index (χ3v) is 5.14. The highest BCUT2D eigenvalue weighted by atomic mass is 16.7. The highest BCUT2D eigenvalue weighted by Gasteiger charge is 2.26. The van der Waals surface area contributed by atoms with Crippen molar-refractivity contribution >= 4 is 11.8 Å². The van der Waals surface area contributed by atoms with E-state index in [2.05, 4.69) is 5.32 Å². The Balaban J connectivity index is 1.71. The molecule has 2 aromatic rings. The van der Waals surface area contributed by atoms with Crippen molar-refractivity contribution in [3.63, 3.8) is 0 Å². The van der Waals surface area contributed by atoms with Crippen LogP contribution in [0.1, 0.15) is 43.9 Å². The van der Waals surface area contributed by atoms with Crippen LogP contribution in [0.25, 0.3) is 0 Å². The maximum absolute atomic E-state index is 13.1. The third kappa shape index (κ3) is 5.53. The van der Waals surface area contributed by atoms with E-state index in [1.807, 2.05) is 63.2 Å². The number of fused-ring (bicyclic) bond motifs is 1. The van der Waals surface area contributed by atoms with Crippen molar-refractivity contribution < 1.29 is 19.1 Å². The first-order chi connectivity index (χ1) is 14.3. The van der Waals surface area contributed by atoms with E-state index in [0.29, 0.717) is 25.1 Å². The fraction of sp³-hybridized carbons (Fsp3) is 0.417. The number of aryl methyl sites for hydroxylation is 2. The van der Waals surface area contributed by atoms with E-state index >= 15 is 0 Å². The van der Waals surface area contributed by atoms with Gasteiger partial charge in [0, 0.05) is 19.0 Å². The molecule has 0 bridgehead atoms. The van der Waals surface area contributed by atoms with Crippen LogP contribution < -0.4 is 14.8 Å². The summed E-state index contributed by atoms with van der Waals surface area (Å²) in [4.78, 5) is 27.4. The van der Waals surface area contributed by atoms with Crippen molar-refractivity contribution in [1.82, 2.24) is 10.2 Å². The highest BCUT2D eigenvalue weighted by molar-refractivity contribution is 5.87. The van der Waals surface area contributed by atoms with Crippen molar-refractivity contribution in [3.8, 4) is 11.5 Å². The number of hydrogen-bond acceptors (Lipinski definition) is 4. The molecule has 0 radical (unpaired) electrons. The van der Waals surface area contributed by atoms with Crippen LogP contribution >= 0.6 is 0 Å². The lowest BCUT2D eigenvalue weighted by Crippen LogP contribution is -2.49. The summed E-state index contributed by atoms with van der Waals surface area (Å²) in [6.07, 6.45) is 0.878. The van der Waals surface area contributed by atoms with Gasteiger partial charge in [-0.3, -0.25) is 9.59 Å². The zero-order valence-electron chi connectivity index (χ0n) is 18.1. The summed E-state index contributed by atoms with van der Waals surface area (Å²) in [7, 11) is 0. The normalized spacial score (nSPS) is 13.2. The van der Waals surface area contributed by atoms with Gasteiger partial charge in [-0.1, -0.05) is 35.9 Å². The molecule has 0 aromatic heterocycles. The van der Waals surface area contributed by atoms with Crippen molar-refractivity contribution in [1.29, 1.82) is 0 Å². The minimum absolute atomic E-state index is 0.0184. The number of benzene rings is 2. The first-order valence-corrected chi connectivity index (χ1v) is 10.4. The molecule has 0 saturated heterocycles. The Bertz CT molecular complexity index is 893. The molecule has 1 aliphatic heterocycles. The zero-order chi connectivity index (χ0) is 21.7. The van der Waals surface area contributed by atoms with Crippen LogP contribution in [0.4, 0.5) is 0 Å². The summed E-state index contributed by atoms with van der Waals surface area (Å²) in [5, 5.41) is 2.91. The second-order valence-corrected chi connectivity index (χ2v) is 8.03. The predicted molar refractivity (Wildman–Crippen MR) is 115 cm³/mol. The van der Waals surface area contributed by atoms with Gasteiger partial charge in [0.05, 0.1) is 0 Å². The zero-order valence-corrected chi connectivity index (χ0v) is 18.1. The van der Waals surface area contributed by atoms with Crippen LogP contribution in [0.2, 0.25) is 0 Å². The Kier molecular flexibility index (Phi) is 6.98. The number of amides is 2. The fourth-order valence-electron chi connectivity index (χ4n) is 3.37. The smallest absolute Gasteiger partial charge is 0.242 e. The molecular weight excluding hydrogens is 380 g/mol. The van der Waals surface area contributed by atoms with Crippen LogP contribution in [0.15, 0.2) is 42.5 Å². The monoisotopic (exact) mass is 410 g/mol. The minimum Gasteiger partial charge on any atom is -0.454 e. The second-order valence-electron chi connectivity index (χ2n) is 8.03. The quantitative estimate of drug-likeness (QED) is 0.722. The molecule has 3 rings (SSSR count). The number of rotatable bonds is 8. The van der Waals surface area contributed by atoms with Gasteiger partial charge >= 0.3 is 0 Å². The summed E-state index contributed by atoms with van der Waals surface area (Å²) in [5.41, 5.74) is 3.16. The number of nitrogens with zero attached hydrogens (tertiary/aromatic N) is 1. The molecule has 2 amide bonds. The van der Waals surface area contributed by atoms with Gasteiger partial charge in [0.25, 0.3) is 0 Å². The molecule has 1 N–H and O–H groups in total. The van der Waals surface area contributed by atoms with Gasteiger partial charge in [-0.25, -0.2) is 0 Å². The molecule has 0 saturated carbocycles. The van der Waals surface area contributed by atoms with Gasteiger partial charge in [0.15, 0.2) is 11.5 Å². The molecule has 1 atom stereocenters. The molecule has 30 heavy (non-hydrogen) atoms. The minimum atomic E-state index is -0.557. The van der Waals surface area contributed by atoms with Crippen molar-refractivity contribution in [2.24, 2.45) is 0 Å². The molecule has 1 aliphatic rings. The van der Waals surface area contributed by atoms with Crippen molar-refractivity contribution in [2.75, 3.05) is 6.79 Å². The molecule has 0 fully saturated rings. The van der Waals surface area contributed by atoms with Crippen LogP contribution in [0.3, 0.4) is 0 Å². The van der Waals surface area contributed by atoms with Gasteiger partial charge in [-0.05, 0) is 57.4 Å². The number of carbonyl (C=O) groups is 2. The van der Waals surface area contributed by atoms with Crippen LogP contribution in [0.5, 0.6) is 11.5 Å². The number of nitrogens with one attached hydrogen (secondary N) is 1.